The molecule has 0 saturated heterocycles. The molecule has 0 aliphatic rings. The van der Waals surface area contributed by atoms with E-state index in [1.807, 2.05) is 19.9 Å². The van der Waals surface area contributed by atoms with Crippen LogP contribution in [0.5, 0.6) is 0 Å². The van der Waals surface area contributed by atoms with Gasteiger partial charge in [0.05, 0.1) is 0 Å². The average Bonchev–Trinajstić information content (AvgIpc) is 2.10. The molecule has 0 fully saturated rings. The van der Waals surface area contributed by atoms with Crippen LogP contribution in [-0.4, -0.2) is 16.2 Å². The zero-order valence-electron chi connectivity index (χ0n) is 8.53. The maximum atomic E-state index is 10.6. The van der Waals surface area contributed by atoms with Crippen LogP contribution >= 0.6 is 0 Å². The van der Waals surface area contributed by atoms with Gasteiger partial charge in [0.25, 0.3) is 0 Å². The number of aliphatic hydroxyl groups excluding tert-OH is 1. The third-order valence-corrected chi connectivity index (χ3v) is 2.41. The third kappa shape index (κ3) is 1.93. The molecule has 3 heteroatoms. The Kier molecular flexibility index (Phi) is 2.91. The highest BCUT2D eigenvalue weighted by molar-refractivity contribution is 5.74. The summed E-state index contributed by atoms with van der Waals surface area (Å²) >= 11 is 0. The summed E-state index contributed by atoms with van der Waals surface area (Å²) in [5, 5.41) is 18.1. The minimum atomic E-state index is -1.42. The van der Waals surface area contributed by atoms with Gasteiger partial charge >= 0.3 is 5.97 Å². The molecular formula is C11H14O3. The zero-order valence-corrected chi connectivity index (χ0v) is 8.53. The van der Waals surface area contributed by atoms with Crippen molar-refractivity contribution >= 4 is 5.97 Å². The van der Waals surface area contributed by atoms with Crippen molar-refractivity contribution in [1.29, 1.82) is 0 Å². The van der Waals surface area contributed by atoms with Gasteiger partial charge in [0.15, 0.2) is 6.10 Å². The highest BCUT2D eigenvalue weighted by atomic mass is 16.4. The fraction of sp³-hybridized carbons (Fsp3) is 0.364. The number of hydrogen-bond acceptors (Lipinski definition) is 2. The predicted octanol–water partition coefficient (Wildman–Crippen LogP) is 1.73. The second-order valence-corrected chi connectivity index (χ2v) is 3.53. The first kappa shape index (κ1) is 10.7. The summed E-state index contributed by atoms with van der Waals surface area (Å²) in [6.45, 7) is 5.65. The summed E-state index contributed by atoms with van der Waals surface area (Å²) in [4.78, 5) is 10.6. The van der Waals surface area contributed by atoms with Crippen molar-refractivity contribution in [2.24, 2.45) is 0 Å². The molecule has 0 aliphatic carbocycles. The molecule has 0 unspecified atom stereocenters. The predicted molar refractivity (Wildman–Crippen MR) is 53.2 cm³/mol. The molecule has 0 radical (unpaired) electrons. The minimum Gasteiger partial charge on any atom is -0.479 e. The molecule has 1 aromatic rings. The summed E-state index contributed by atoms with van der Waals surface area (Å²) in [6, 6.07) is 3.61. The Morgan fingerprint density at radius 2 is 1.64 bits per heavy atom. The summed E-state index contributed by atoms with van der Waals surface area (Å²) in [5.41, 5.74) is 3.37. The molecule has 0 saturated carbocycles. The van der Waals surface area contributed by atoms with Crippen LogP contribution in [0.3, 0.4) is 0 Å². The van der Waals surface area contributed by atoms with E-state index >= 15 is 0 Å². The van der Waals surface area contributed by atoms with E-state index < -0.39 is 12.1 Å². The molecule has 0 aromatic heterocycles. The van der Waals surface area contributed by atoms with Gasteiger partial charge in [-0.15, -0.1) is 0 Å². The van der Waals surface area contributed by atoms with Gasteiger partial charge < -0.3 is 10.2 Å². The second kappa shape index (κ2) is 3.80. The van der Waals surface area contributed by atoms with E-state index in [0.29, 0.717) is 5.56 Å². The van der Waals surface area contributed by atoms with Crippen molar-refractivity contribution in [1.82, 2.24) is 0 Å². The molecular weight excluding hydrogens is 180 g/mol. The molecule has 3 nitrogen and oxygen atoms in total. The molecule has 0 heterocycles. The lowest BCUT2D eigenvalue weighted by molar-refractivity contribution is -0.147. The van der Waals surface area contributed by atoms with Gasteiger partial charge in [-0.25, -0.2) is 4.79 Å². The number of carboxylic acids is 1. The van der Waals surface area contributed by atoms with Gasteiger partial charge in [0, 0.05) is 0 Å². The summed E-state index contributed by atoms with van der Waals surface area (Å²) in [5.74, 6) is -1.21. The summed E-state index contributed by atoms with van der Waals surface area (Å²) < 4.78 is 0. The number of benzene rings is 1. The maximum Gasteiger partial charge on any atom is 0.337 e. The van der Waals surface area contributed by atoms with E-state index in [1.54, 1.807) is 13.0 Å². The van der Waals surface area contributed by atoms with Crippen LogP contribution in [0.15, 0.2) is 12.1 Å². The summed E-state index contributed by atoms with van der Waals surface area (Å²) in [7, 11) is 0. The Morgan fingerprint density at radius 3 is 2.14 bits per heavy atom. The smallest absolute Gasteiger partial charge is 0.337 e. The van der Waals surface area contributed by atoms with E-state index in [2.05, 4.69) is 0 Å². The first-order valence-electron chi connectivity index (χ1n) is 4.42. The quantitative estimate of drug-likeness (QED) is 0.753. The molecule has 2 N–H and O–H groups in total. The lowest BCUT2D eigenvalue weighted by Gasteiger charge is -2.12. The number of hydrogen-bond donors (Lipinski definition) is 2. The van der Waals surface area contributed by atoms with Crippen LogP contribution < -0.4 is 0 Å². The highest BCUT2D eigenvalue weighted by Crippen LogP contribution is 2.21. The van der Waals surface area contributed by atoms with Crippen LogP contribution in [0.2, 0.25) is 0 Å². The molecule has 0 spiro atoms. The summed E-state index contributed by atoms with van der Waals surface area (Å²) in [6.07, 6.45) is -1.42. The minimum absolute atomic E-state index is 0.473. The topological polar surface area (TPSA) is 57.5 Å². The molecule has 0 bridgehead atoms. The molecule has 0 amide bonds. The largest absolute Gasteiger partial charge is 0.479 e. The molecule has 1 aromatic carbocycles. The van der Waals surface area contributed by atoms with Crippen molar-refractivity contribution in [3.05, 3.63) is 34.4 Å². The van der Waals surface area contributed by atoms with Crippen LogP contribution in [-0.2, 0) is 4.79 Å². The number of rotatable bonds is 2. The van der Waals surface area contributed by atoms with Crippen LogP contribution in [0.4, 0.5) is 0 Å². The van der Waals surface area contributed by atoms with E-state index in [1.165, 1.54) is 0 Å². The lowest BCUT2D eigenvalue weighted by Crippen LogP contribution is -2.12. The van der Waals surface area contributed by atoms with Crippen LogP contribution in [0.25, 0.3) is 0 Å². The number of aryl methyl sites for hydroxylation is 3. The maximum absolute atomic E-state index is 10.6. The number of carbonyl (C=O) groups is 1. The number of aliphatic hydroxyl groups is 1. The lowest BCUT2D eigenvalue weighted by atomic mass is 9.97. The van der Waals surface area contributed by atoms with Crippen LogP contribution in [0, 0.1) is 20.8 Å². The number of aliphatic carboxylic acids is 1. The normalized spacial score (nSPS) is 12.6. The first-order valence-corrected chi connectivity index (χ1v) is 4.42. The molecule has 14 heavy (non-hydrogen) atoms. The van der Waals surface area contributed by atoms with Crippen molar-refractivity contribution in [3.8, 4) is 0 Å². The molecule has 0 aliphatic heterocycles. The van der Waals surface area contributed by atoms with Gasteiger partial charge in [-0.05, 0) is 43.0 Å². The Bertz CT molecular complexity index is 369. The van der Waals surface area contributed by atoms with Gasteiger partial charge in [-0.3, -0.25) is 0 Å². The third-order valence-electron chi connectivity index (χ3n) is 2.41. The SMILES string of the molecule is Cc1cc(C)c([C@@H](O)C(=O)O)cc1C. The van der Waals surface area contributed by atoms with Crippen molar-refractivity contribution in [2.45, 2.75) is 26.9 Å². The van der Waals surface area contributed by atoms with Gasteiger partial charge in [0.1, 0.15) is 0 Å². The van der Waals surface area contributed by atoms with E-state index in [0.717, 1.165) is 16.7 Å². The van der Waals surface area contributed by atoms with Crippen molar-refractivity contribution in [3.63, 3.8) is 0 Å². The molecule has 76 valence electrons. The fourth-order valence-corrected chi connectivity index (χ4v) is 1.41. The Labute approximate surface area is 83.0 Å². The zero-order chi connectivity index (χ0) is 10.9. The van der Waals surface area contributed by atoms with E-state index in [-0.39, 0.29) is 0 Å². The standard InChI is InChI=1S/C11H14O3/c1-6-4-8(3)9(5-7(6)2)10(12)11(13)14/h4-5,10,12H,1-3H3,(H,13,14)/t10-/m1/s1. The Morgan fingerprint density at radius 1 is 1.14 bits per heavy atom. The van der Waals surface area contributed by atoms with Gasteiger partial charge in [0.2, 0.25) is 0 Å². The monoisotopic (exact) mass is 194 g/mol. The Hall–Kier alpha value is -1.35. The Balaban J connectivity index is 3.22. The second-order valence-electron chi connectivity index (χ2n) is 3.53. The molecule has 1 atom stereocenters. The number of carboxylic acid groups (broad SMARTS) is 1. The first-order chi connectivity index (χ1) is 6.43. The van der Waals surface area contributed by atoms with Crippen molar-refractivity contribution in [2.75, 3.05) is 0 Å². The average molecular weight is 194 g/mol. The van der Waals surface area contributed by atoms with Gasteiger partial charge in [-0.1, -0.05) is 12.1 Å². The fourth-order valence-electron chi connectivity index (χ4n) is 1.41. The van der Waals surface area contributed by atoms with E-state index in [9.17, 15) is 9.90 Å². The molecule has 1 rings (SSSR count). The highest BCUT2D eigenvalue weighted by Gasteiger charge is 2.18. The van der Waals surface area contributed by atoms with Gasteiger partial charge in [-0.2, -0.15) is 0 Å². The van der Waals surface area contributed by atoms with Crippen molar-refractivity contribution < 1.29 is 15.0 Å². The van der Waals surface area contributed by atoms with Crippen LogP contribution in [0.1, 0.15) is 28.4 Å². The van der Waals surface area contributed by atoms with E-state index in [4.69, 9.17) is 5.11 Å².